The van der Waals surface area contributed by atoms with Crippen molar-refractivity contribution in [2.24, 2.45) is 5.73 Å². The van der Waals surface area contributed by atoms with Gasteiger partial charge in [0, 0.05) is 16.6 Å². The average Bonchev–Trinajstić information content (AvgIpc) is 2.91. The Balaban J connectivity index is 1.74. The van der Waals surface area contributed by atoms with Crippen molar-refractivity contribution in [3.63, 3.8) is 0 Å². The first kappa shape index (κ1) is 18.3. The lowest BCUT2D eigenvalue weighted by Crippen LogP contribution is -2.20. The van der Waals surface area contributed by atoms with Gasteiger partial charge in [0.05, 0.1) is 12.0 Å². The summed E-state index contributed by atoms with van der Waals surface area (Å²) in [4.78, 5) is 25.6. The summed E-state index contributed by atoms with van der Waals surface area (Å²) in [7, 11) is 1.50. The number of hydrogen-bond donors (Lipinski definition) is 2. The van der Waals surface area contributed by atoms with Gasteiger partial charge in [0.1, 0.15) is 0 Å². The van der Waals surface area contributed by atoms with E-state index in [2.05, 4.69) is 5.32 Å². The molecule has 0 bridgehead atoms. The van der Waals surface area contributed by atoms with Gasteiger partial charge in [-0.05, 0) is 49.4 Å². The predicted molar refractivity (Wildman–Crippen MR) is 101 cm³/mol. The monoisotopic (exact) mass is 374 g/mol. The molecule has 1 heterocycles. The molecule has 0 fully saturated rings. The number of carbonyl (C=O) groups excluding carboxylic acids is 2. The second-order valence-electron chi connectivity index (χ2n) is 6.19. The van der Waals surface area contributed by atoms with E-state index in [1.54, 1.807) is 29.5 Å². The number of anilines is 1. The molecule has 0 aliphatic heterocycles. The number of fused-ring (bicyclic) bond motifs is 1. The lowest BCUT2D eigenvalue weighted by molar-refractivity contribution is -0.119. The SMILES string of the molecule is COc1ccc(NC(=O)c2cc3c(s2)CCCCC3)cc1OCC(N)=O. The van der Waals surface area contributed by atoms with E-state index in [-0.39, 0.29) is 12.5 Å². The van der Waals surface area contributed by atoms with E-state index >= 15 is 0 Å². The van der Waals surface area contributed by atoms with Crippen molar-refractivity contribution in [2.45, 2.75) is 32.1 Å². The highest BCUT2D eigenvalue weighted by Crippen LogP contribution is 2.32. The fraction of sp³-hybridized carbons (Fsp3) is 0.368. The Labute approximate surface area is 156 Å². The number of benzene rings is 1. The number of nitrogens with two attached hydrogens (primary N) is 1. The van der Waals surface area contributed by atoms with Gasteiger partial charge >= 0.3 is 0 Å². The third kappa shape index (κ3) is 4.35. The van der Waals surface area contributed by atoms with Gasteiger partial charge < -0.3 is 20.5 Å². The fourth-order valence-electron chi connectivity index (χ4n) is 2.99. The Morgan fingerprint density at radius 3 is 2.73 bits per heavy atom. The van der Waals surface area contributed by atoms with Crippen molar-refractivity contribution in [1.29, 1.82) is 0 Å². The van der Waals surface area contributed by atoms with Crippen LogP contribution in [0.5, 0.6) is 11.5 Å². The molecule has 0 radical (unpaired) electrons. The zero-order valence-corrected chi connectivity index (χ0v) is 15.5. The molecule has 0 saturated heterocycles. The van der Waals surface area contributed by atoms with Crippen LogP contribution in [0.25, 0.3) is 0 Å². The summed E-state index contributed by atoms with van der Waals surface area (Å²) in [6.45, 7) is -0.259. The first-order chi connectivity index (χ1) is 12.6. The number of hydrogen-bond acceptors (Lipinski definition) is 5. The van der Waals surface area contributed by atoms with Gasteiger partial charge in [-0.3, -0.25) is 9.59 Å². The van der Waals surface area contributed by atoms with Crippen LogP contribution in [-0.2, 0) is 17.6 Å². The average molecular weight is 374 g/mol. The number of ether oxygens (including phenoxy) is 2. The van der Waals surface area contributed by atoms with E-state index in [0.29, 0.717) is 22.1 Å². The van der Waals surface area contributed by atoms with Crippen molar-refractivity contribution in [2.75, 3.05) is 19.0 Å². The maximum atomic E-state index is 12.6. The van der Waals surface area contributed by atoms with Crippen LogP contribution < -0.4 is 20.5 Å². The number of carbonyl (C=O) groups is 2. The molecule has 3 N–H and O–H groups in total. The first-order valence-corrected chi connectivity index (χ1v) is 9.40. The summed E-state index contributed by atoms with van der Waals surface area (Å²) in [5.41, 5.74) is 6.98. The van der Waals surface area contributed by atoms with Gasteiger partial charge in [-0.25, -0.2) is 0 Å². The third-order valence-corrected chi connectivity index (χ3v) is 5.50. The number of aryl methyl sites for hydroxylation is 2. The minimum absolute atomic E-state index is 0.144. The van der Waals surface area contributed by atoms with Crippen molar-refractivity contribution in [3.05, 3.63) is 39.6 Å². The zero-order chi connectivity index (χ0) is 18.5. The molecule has 1 aliphatic rings. The zero-order valence-electron chi connectivity index (χ0n) is 14.7. The Bertz CT molecular complexity index is 792. The Kier molecular flexibility index (Phi) is 5.78. The highest BCUT2D eigenvalue weighted by atomic mass is 32.1. The molecule has 0 atom stereocenters. The minimum Gasteiger partial charge on any atom is -0.493 e. The third-order valence-electron chi connectivity index (χ3n) is 4.26. The fourth-order valence-corrected chi connectivity index (χ4v) is 4.14. The normalized spacial score (nSPS) is 13.4. The summed E-state index contributed by atoms with van der Waals surface area (Å²) in [6.07, 6.45) is 5.73. The topological polar surface area (TPSA) is 90.7 Å². The maximum absolute atomic E-state index is 12.6. The summed E-state index contributed by atoms with van der Waals surface area (Å²) >= 11 is 1.57. The van der Waals surface area contributed by atoms with E-state index < -0.39 is 5.91 Å². The van der Waals surface area contributed by atoms with Crippen molar-refractivity contribution < 1.29 is 19.1 Å². The van der Waals surface area contributed by atoms with Gasteiger partial charge in [0.2, 0.25) is 0 Å². The Hall–Kier alpha value is -2.54. The van der Waals surface area contributed by atoms with Crippen LogP contribution in [0.1, 0.15) is 39.4 Å². The molecule has 7 heteroatoms. The summed E-state index contributed by atoms with van der Waals surface area (Å²) in [5, 5.41) is 2.88. The summed E-state index contributed by atoms with van der Waals surface area (Å²) in [5.74, 6) is 0.0915. The minimum atomic E-state index is -0.582. The smallest absolute Gasteiger partial charge is 0.265 e. The largest absolute Gasteiger partial charge is 0.493 e. The van der Waals surface area contributed by atoms with Gasteiger partial charge in [-0.1, -0.05) is 6.42 Å². The lowest BCUT2D eigenvalue weighted by atomic mass is 10.1. The molecule has 3 rings (SSSR count). The number of amides is 2. The maximum Gasteiger partial charge on any atom is 0.265 e. The van der Waals surface area contributed by atoms with Crippen molar-refractivity contribution >= 4 is 28.8 Å². The number of primary amides is 1. The molecule has 2 amide bonds. The molecular weight excluding hydrogens is 352 g/mol. The number of methoxy groups -OCH3 is 1. The molecule has 1 aromatic carbocycles. The Morgan fingerprint density at radius 2 is 1.96 bits per heavy atom. The number of rotatable bonds is 6. The highest BCUT2D eigenvalue weighted by Gasteiger charge is 2.17. The molecule has 1 aromatic heterocycles. The molecule has 0 saturated carbocycles. The van der Waals surface area contributed by atoms with Gasteiger partial charge in [0.15, 0.2) is 18.1 Å². The second-order valence-corrected chi connectivity index (χ2v) is 7.33. The van der Waals surface area contributed by atoms with Gasteiger partial charge in [-0.15, -0.1) is 11.3 Å². The van der Waals surface area contributed by atoms with Crippen LogP contribution in [0.15, 0.2) is 24.3 Å². The van der Waals surface area contributed by atoms with E-state index in [1.807, 2.05) is 6.07 Å². The molecule has 138 valence electrons. The molecule has 6 nitrogen and oxygen atoms in total. The van der Waals surface area contributed by atoms with Crippen LogP contribution in [0.2, 0.25) is 0 Å². The standard InChI is InChI=1S/C19H22N2O4S/c1-24-14-8-7-13(10-15(14)25-11-18(20)22)21-19(23)17-9-12-5-3-2-4-6-16(12)26-17/h7-10H,2-6,11H2,1H3,(H2,20,22)(H,21,23). The molecule has 0 spiro atoms. The van der Waals surface area contributed by atoms with E-state index in [1.165, 1.54) is 36.8 Å². The van der Waals surface area contributed by atoms with Crippen molar-refractivity contribution in [1.82, 2.24) is 0 Å². The molecule has 0 unspecified atom stereocenters. The quantitative estimate of drug-likeness (QED) is 0.760. The predicted octanol–water partition coefficient (Wildman–Crippen LogP) is 3.14. The van der Waals surface area contributed by atoms with Crippen LogP contribution in [0, 0.1) is 0 Å². The van der Waals surface area contributed by atoms with E-state index in [9.17, 15) is 9.59 Å². The molecule has 26 heavy (non-hydrogen) atoms. The van der Waals surface area contributed by atoms with Crippen LogP contribution in [0.3, 0.4) is 0 Å². The van der Waals surface area contributed by atoms with Crippen LogP contribution >= 0.6 is 11.3 Å². The van der Waals surface area contributed by atoms with E-state index in [0.717, 1.165) is 12.8 Å². The highest BCUT2D eigenvalue weighted by molar-refractivity contribution is 7.14. The number of nitrogens with one attached hydrogen (secondary N) is 1. The van der Waals surface area contributed by atoms with Gasteiger partial charge in [-0.2, -0.15) is 0 Å². The van der Waals surface area contributed by atoms with Gasteiger partial charge in [0.25, 0.3) is 11.8 Å². The Morgan fingerprint density at radius 1 is 1.15 bits per heavy atom. The molecule has 1 aliphatic carbocycles. The molecule has 2 aromatic rings. The van der Waals surface area contributed by atoms with E-state index in [4.69, 9.17) is 15.2 Å². The van der Waals surface area contributed by atoms with Crippen molar-refractivity contribution in [3.8, 4) is 11.5 Å². The summed E-state index contributed by atoms with van der Waals surface area (Å²) in [6, 6.07) is 7.04. The number of thiophene rings is 1. The second kappa shape index (κ2) is 8.23. The molecular formula is C19H22N2O4S. The van der Waals surface area contributed by atoms with Crippen LogP contribution in [0.4, 0.5) is 5.69 Å². The first-order valence-electron chi connectivity index (χ1n) is 8.59. The summed E-state index contributed by atoms with van der Waals surface area (Å²) < 4.78 is 10.6. The van der Waals surface area contributed by atoms with Crippen LogP contribution in [-0.4, -0.2) is 25.5 Å². The lowest BCUT2D eigenvalue weighted by Gasteiger charge is -2.11.